The van der Waals surface area contributed by atoms with Crippen LogP contribution < -0.4 is 50.0 Å². The van der Waals surface area contributed by atoms with Crippen molar-refractivity contribution in [1.82, 2.24) is 50.2 Å². The Hall–Kier alpha value is -13.8. The predicted molar refractivity (Wildman–Crippen MR) is 444 cm³/mol. The number of fused-ring (bicyclic) bond motifs is 5. The van der Waals surface area contributed by atoms with Crippen molar-refractivity contribution in [2.24, 2.45) is 5.73 Å². The zero-order chi connectivity index (χ0) is 84.1. The molecule has 0 aliphatic rings. The minimum Gasteiger partial charge on any atom is -0.508 e. The predicted octanol–water partition coefficient (Wildman–Crippen LogP) is 16.8. The van der Waals surface area contributed by atoms with Gasteiger partial charge in [0.1, 0.15) is 75.1 Å². The van der Waals surface area contributed by atoms with Gasteiger partial charge in [0.2, 0.25) is 0 Å². The molecule has 0 unspecified atom stereocenters. The zero-order valence-electron chi connectivity index (χ0n) is 65.7. The molecule has 30 nitrogen and oxygen atoms in total. The van der Waals surface area contributed by atoms with Crippen LogP contribution in [0.2, 0.25) is 5.35 Å². The van der Waals surface area contributed by atoms with Crippen LogP contribution in [-0.2, 0) is 41.0 Å². The van der Waals surface area contributed by atoms with Crippen molar-refractivity contribution in [2.75, 3.05) is 81.7 Å². The maximum Gasteiger partial charge on any atom is 0.407 e. The van der Waals surface area contributed by atoms with Crippen molar-refractivity contribution in [3.05, 3.63) is 270 Å². The minimum absolute atomic E-state index is 0.0285. The number of nitrogens with two attached hydrogens (primary N) is 1. The third kappa shape index (κ3) is 26.7. The molecular formula is C84H86ClF2N15O15S. The van der Waals surface area contributed by atoms with Gasteiger partial charge in [-0.2, -0.15) is 33.3 Å². The van der Waals surface area contributed by atoms with Gasteiger partial charge in [-0.05, 0) is 159 Å². The topological polar surface area (TPSA) is 379 Å². The summed E-state index contributed by atoms with van der Waals surface area (Å²) >= 11 is 5.56. The smallest absolute Gasteiger partial charge is 0.407 e. The molecule has 15 aromatic rings. The summed E-state index contributed by atoms with van der Waals surface area (Å²) < 4.78 is 110. The van der Waals surface area contributed by atoms with Crippen molar-refractivity contribution >= 4 is 107 Å². The van der Waals surface area contributed by atoms with Gasteiger partial charge in [-0.3, -0.25) is 24.5 Å². The summed E-state index contributed by atoms with van der Waals surface area (Å²) in [6, 6.07) is 49.8. The number of pyridine rings is 4. The Kier molecular flexibility index (Phi) is 30.9. The van der Waals surface area contributed by atoms with Crippen molar-refractivity contribution in [3.63, 3.8) is 0 Å². The van der Waals surface area contributed by atoms with Gasteiger partial charge in [0.25, 0.3) is 39.5 Å². The van der Waals surface area contributed by atoms with Gasteiger partial charge in [0.05, 0.1) is 31.8 Å². The summed E-state index contributed by atoms with van der Waals surface area (Å²) in [5.74, 6) is 2.72. The highest BCUT2D eigenvalue weighted by molar-refractivity contribution is 7.85. The molecule has 0 atom stereocenters. The first-order valence-electron chi connectivity index (χ1n) is 36.2. The summed E-state index contributed by atoms with van der Waals surface area (Å²) in [7, 11) is 4.88. The Balaban J connectivity index is 0.000000154. The second-order valence-corrected chi connectivity index (χ2v) is 28.6. The average molecular weight is 1650 g/mol. The number of anilines is 4. The zero-order valence-corrected chi connectivity index (χ0v) is 67.3. The highest BCUT2D eigenvalue weighted by atomic mass is 35.5. The highest BCUT2D eigenvalue weighted by Crippen LogP contribution is 2.31. The summed E-state index contributed by atoms with van der Waals surface area (Å²) in [4.78, 5) is 55.3. The van der Waals surface area contributed by atoms with Crippen LogP contribution in [0.1, 0.15) is 48.6 Å². The van der Waals surface area contributed by atoms with E-state index < -0.39 is 21.8 Å². The van der Waals surface area contributed by atoms with E-state index in [1.807, 2.05) is 116 Å². The fourth-order valence-corrected chi connectivity index (χ4v) is 11.1. The molecule has 118 heavy (non-hydrogen) atoms. The Morgan fingerprint density at radius 1 is 0.534 bits per heavy atom. The summed E-state index contributed by atoms with van der Waals surface area (Å²) in [6.45, 7) is 9.75. The first-order chi connectivity index (χ1) is 56.8. The number of nitrogens with zero attached hydrogens (tertiary/aromatic N) is 12. The Morgan fingerprint density at radius 2 is 0.932 bits per heavy atom. The van der Waals surface area contributed by atoms with Crippen LogP contribution in [0.3, 0.4) is 0 Å². The van der Waals surface area contributed by atoms with Gasteiger partial charge in [-0.15, -0.1) is 0 Å². The number of aromatic hydroxyl groups is 1. The van der Waals surface area contributed by atoms with Gasteiger partial charge in [-0.25, -0.2) is 13.6 Å². The molecule has 6 N–H and O–H groups in total. The number of nitrogens with one attached hydrogen (secondary N) is 2. The van der Waals surface area contributed by atoms with Crippen LogP contribution in [-0.4, -0.2) is 136 Å². The fourth-order valence-electron chi connectivity index (χ4n) is 10.5. The number of methoxy groups -OCH3 is 2. The SMILES string of the molecule is CN(Cc1cccnc1)c1nc2ccc(O)cc2o1.CN(Cc1cccnc1)c1nc2ccc(OC/C(=C/F)CN)cc2o1.CN(Cc1cccnc1)c1nc2ccc(OC/C(=C/F)CNC(=O)OC(C)(C)C)cc2o1.COc1ccc2nc(Cl)oc2c1.COc1ccc2nc(NCc3cccnc3)oc2c1.Cc1ccc(S(=O)(=O)O)cc1. The number of alkyl carbamates (subject to hydrolysis) is 1. The maximum atomic E-state index is 13.2. The second-order valence-electron chi connectivity index (χ2n) is 26.9. The van der Waals surface area contributed by atoms with Gasteiger partial charge >= 0.3 is 6.09 Å². The van der Waals surface area contributed by atoms with Crippen LogP contribution in [0.25, 0.3) is 55.5 Å². The largest absolute Gasteiger partial charge is 0.508 e. The van der Waals surface area contributed by atoms with Crippen LogP contribution in [0.15, 0.2) is 264 Å². The number of aryl methyl sites for hydroxylation is 1. The lowest BCUT2D eigenvalue weighted by Crippen LogP contribution is -2.34. The number of hydrogen-bond acceptors (Lipinski definition) is 28. The Bertz CT molecular complexity index is 5880. The molecule has 0 bridgehead atoms. The monoisotopic (exact) mass is 1650 g/mol. The number of rotatable bonds is 24. The average Bonchev–Trinajstić information content (AvgIpc) is 1.69. The molecule has 6 aromatic carbocycles. The third-order valence-corrected chi connectivity index (χ3v) is 17.4. The van der Waals surface area contributed by atoms with Gasteiger partial charge < -0.3 is 81.9 Å². The van der Waals surface area contributed by atoms with Crippen molar-refractivity contribution in [3.8, 4) is 28.7 Å². The Morgan fingerprint density at radius 3 is 1.36 bits per heavy atom. The van der Waals surface area contributed by atoms with E-state index in [1.165, 1.54) is 12.1 Å². The van der Waals surface area contributed by atoms with E-state index in [4.69, 9.17) is 67.7 Å². The quantitative estimate of drug-likeness (QED) is 0.0351. The molecule has 0 fully saturated rings. The van der Waals surface area contributed by atoms with E-state index in [9.17, 15) is 27.1 Å². The van der Waals surface area contributed by atoms with E-state index in [-0.39, 0.29) is 47.9 Å². The number of carbonyl (C=O) groups excluding carboxylic acids is 1. The summed E-state index contributed by atoms with van der Waals surface area (Å²) in [5, 5.41) is 15.2. The molecule has 0 aliphatic heterocycles. The van der Waals surface area contributed by atoms with E-state index >= 15 is 0 Å². The number of halogens is 3. The van der Waals surface area contributed by atoms with Crippen LogP contribution in [0.4, 0.5) is 37.6 Å². The number of phenolic OH excluding ortho intramolecular Hbond substituents is 1. The molecular weight excluding hydrogens is 1560 g/mol. The molecule has 0 saturated heterocycles. The second kappa shape index (κ2) is 42.0. The molecule has 9 heterocycles. The van der Waals surface area contributed by atoms with Crippen LogP contribution in [0.5, 0.6) is 28.7 Å². The fraction of sp³-hybridized carbons (Fsp3) is 0.214. The summed E-state index contributed by atoms with van der Waals surface area (Å²) in [6.07, 6.45) is 14.4. The molecule has 0 spiro atoms. The number of benzene rings is 6. The van der Waals surface area contributed by atoms with Crippen molar-refractivity contribution in [2.45, 2.75) is 64.4 Å². The first kappa shape index (κ1) is 86.6. The van der Waals surface area contributed by atoms with Crippen LogP contribution in [0, 0.1) is 6.92 Å². The summed E-state index contributed by atoms with van der Waals surface area (Å²) in [5.41, 5.74) is 17.4. The molecule has 0 saturated carbocycles. The maximum absolute atomic E-state index is 13.2. The van der Waals surface area contributed by atoms with Crippen molar-refractivity contribution < 1.29 is 77.4 Å². The van der Waals surface area contributed by atoms with Gasteiger partial charge in [-0.1, -0.05) is 42.0 Å². The molecule has 1 amide bonds. The number of phenols is 1. The highest BCUT2D eigenvalue weighted by Gasteiger charge is 2.19. The lowest BCUT2D eigenvalue weighted by molar-refractivity contribution is 0.0531. The first-order valence-corrected chi connectivity index (χ1v) is 38.0. The minimum atomic E-state index is -4.02. The molecule has 34 heteroatoms. The normalized spacial score (nSPS) is 11.3. The van der Waals surface area contributed by atoms with Gasteiger partial charge in [0.15, 0.2) is 27.9 Å². The van der Waals surface area contributed by atoms with E-state index in [0.717, 1.165) is 61.4 Å². The van der Waals surface area contributed by atoms with Gasteiger partial charge in [0, 0.05) is 151 Å². The Labute approximate surface area is 682 Å². The molecule has 614 valence electrons. The molecule has 15 rings (SSSR count). The van der Waals surface area contributed by atoms with E-state index in [0.29, 0.717) is 113 Å². The lowest BCUT2D eigenvalue weighted by Gasteiger charge is -2.20. The number of carbonyl (C=O) groups is 1. The standard InChI is InChI=1S/C23H27FN4O4.C18H19FN4O2.2C14H13N3O2.C8H6ClNO2.C7H8O3S/c1-23(2,3)32-22(29)26-13-17(11-24)15-30-18-7-8-19-20(10-18)31-21(27-19)28(4)14-16-6-5-9-25-12-16;1-23(11-13-3-2-6-21-10-13)18-22-16-5-4-15(7-17(16)25-18)24-12-14(8-19)9-20;1-17(9-10-3-2-6-15-8-10)14-16-12-5-4-11(18)7-13(12)19-14;1-18-11-4-5-12-13(7-11)19-14(17-12)16-9-10-3-2-6-15-8-10;1-11-5-2-3-6-7(4-5)12-8(9)10-6;1-6-2-4-7(5-3-6)11(8,9)10/h5-12H,13-15H2,1-4H3,(H,26,29);2-8,10H,9,11-12,20H2,1H3;2-8,18H,9H2,1H3;2-8H,9H2,1H3,(H,16,17);2-4H,1H3;2-5H,1H3,(H,8,9,10)/b17-11+;14-8+;;;;. The number of aromatic nitrogens is 9. The number of amides is 1. The molecule has 0 aliphatic carbocycles. The van der Waals surface area contributed by atoms with E-state index in [1.54, 1.807) is 163 Å². The molecule has 0 radical (unpaired) electrons. The molecule has 9 aromatic heterocycles. The van der Waals surface area contributed by atoms with Crippen LogP contribution >= 0.6 is 11.6 Å². The number of ether oxygens (including phenoxy) is 5. The number of oxazole rings is 5. The lowest BCUT2D eigenvalue weighted by atomic mass is 10.2. The number of hydrogen-bond donors (Lipinski definition) is 5. The van der Waals surface area contributed by atoms with Crippen molar-refractivity contribution in [1.29, 1.82) is 0 Å². The third-order valence-electron chi connectivity index (χ3n) is 16.4. The van der Waals surface area contributed by atoms with E-state index in [2.05, 4.69) is 55.5 Å².